The molecule has 2 rings (SSSR count). The third kappa shape index (κ3) is 3.91. The molecule has 1 aliphatic rings. The minimum atomic E-state index is 0.0462. The van der Waals surface area contributed by atoms with Gasteiger partial charge in [-0.05, 0) is 57.4 Å². The number of rotatable bonds is 5. The van der Waals surface area contributed by atoms with E-state index in [1.165, 1.54) is 0 Å². The maximum Gasteiger partial charge on any atom is 0.253 e. The van der Waals surface area contributed by atoms with Gasteiger partial charge in [-0.25, -0.2) is 0 Å². The summed E-state index contributed by atoms with van der Waals surface area (Å²) in [6.45, 7) is 6.16. The van der Waals surface area contributed by atoms with E-state index in [2.05, 4.69) is 0 Å². The number of ether oxygens (including phenoxy) is 2. The number of hydrogen-bond acceptors (Lipinski definition) is 4. The van der Waals surface area contributed by atoms with Gasteiger partial charge in [0.25, 0.3) is 5.91 Å². The van der Waals surface area contributed by atoms with Crippen molar-refractivity contribution < 1.29 is 14.3 Å². The van der Waals surface area contributed by atoms with E-state index < -0.39 is 0 Å². The molecule has 0 saturated carbocycles. The van der Waals surface area contributed by atoms with Gasteiger partial charge in [-0.2, -0.15) is 0 Å². The van der Waals surface area contributed by atoms with Crippen molar-refractivity contribution in [2.45, 2.75) is 32.8 Å². The molecule has 0 atom stereocenters. The lowest BCUT2D eigenvalue weighted by molar-refractivity contribution is 0.0693. The predicted molar refractivity (Wildman–Crippen MR) is 86.4 cm³/mol. The second-order valence-electron chi connectivity index (χ2n) is 6.00. The zero-order chi connectivity index (χ0) is 16.1. The first-order chi connectivity index (χ1) is 10.5. The van der Waals surface area contributed by atoms with Gasteiger partial charge in [0.15, 0.2) is 11.5 Å². The Balaban J connectivity index is 2.10. The second kappa shape index (κ2) is 7.49. The van der Waals surface area contributed by atoms with Crippen molar-refractivity contribution in [1.29, 1.82) is 0 Å². The minimum Gasteiger partial charge on any atom is -0.493 e. The summed E-state index contributed by atoms with van der Waals surface area (Å²) in [5.41, 5.74) is 6.33. The molecule has 0 radical (unpaired) electrons. The molecule has 1 aliphatic heterocycles. The summed E-state index contributed by atoms with van der Waals surface area (Å²) in [4.78, 5) is 14.5. The fraction of sp³-hybridized carbons (Fsp3) is 0.588. The highest BCUT2D eigenvalue weighted by atomic mass is 16.5. The average Bonchev–Trinajstić information content (AvgIpc) is 2.54. The van der Waals surface area contributed by atoms with Crippen molar-refractivity contribution in [3.8, 4) is 11.5 Å². The summed E-state index contributed by atoms with van der Waals surface area (Å²) in [6.07, 6.45) is 2.02. The summed E-state index contributed by atoms with van der Waals surface area (Å²) < 4.78 is 11.0. The molecule has 22 heavy (non-hydrogen) atoms. The van der Waals surface area contributed by atoms with Gasteiger partial charge in [0.05, 0.1) is 13.2 Å². The number of methoxy groups -OCH3 is 1. The number of hydrogen-bond donors (Lipinski definition) is 1. The average molecular weight is 306 g/mol. The Morgan fingerprint density at radius 1 is 1.32 bits per heavy atom. The van der Waals surface area contributed by atoms with Crippen molar-refractivity contribution >= 4 is 5.91 Å². The highest BCUT2D eigenvalue weighted by Crippen LogP contribution is 2.30. The van der Waals surface area contributed by atoms with Crippen LogP contribution in [0, 0.1) is 5.92 Å². The Kier molecular flexibility index (Phi) is 5.66. The number of likely N-dealkylation sites (tertiary alicyclic amines) is 1. The topological polar surface area (TPSA) is 64.8 Å². The summed E-state index contributed by atoms with van der Waals surface area (Å²) in [6, 6.07) is 5.37. The van der Waals surface area contributed by atoms with Crippen molar-refractivity contribution in [3.63, 3.8) is 0 Å². The summed E-state index contributed by atoms with van der Waals surface area (Å²) in [7, 11) is 1.59. The molecular weight excluding hydrogens is 280 g/mol. The van der Waals surface area contributed by atoms with Crippen molar-refractivity contribution in [1.82, 2.24) is 4.90 Å². The molecular formula is C17H26N2O3. The first kappa shape index (κ1) is 16.6. The van der Waals surface area contributed by atoms with E-state index in [-0.39, 0.29) is 12.0 Å². The fourth-order valence-corrected chi connectivity index (χ4v) is 2.71. The molecule has 1 heterocycles. The maximum absolute atomic E-state index is 12.6. The summed E-state index contributed by atoms with van der Waals surface area (Å²) in [5.74, 6) is 1.84. The molecule has 1 aromatic carbocycles. The lowest BCUT2D eigenvalue weighted by Gasteiger charge is -2.31. The predicted octanol–water partition coefficient (Wildman–Crippen LogP) is 2.29. The molecule has 0 aromatic heterocycles. The smallest absolute Gasteiger partial charge is 0.253 e. The van der Waals surface area contributed by atoms with Gasteiger partial charge in [-0.3, -0.25) is 4.79 Å². The third-order valence-corrected chi connectivity index (χ3v) is 4.01. The van der Waals surface area contributed by atoms with E-state index in [0.717, 1.165) is 25.9 Å². The van der Waals surface area contributed by atoms with E-state index in [9.17, 15) is 4.79 Å². The molecule has 122 valence electrons. The SMILES string of the molecule is COc1cc(C(=O)N2CCC(CN)CC2)ccc1OC(C)C. The zero-order valence-electron chi connectivity index (χ0n) is 13.7. The van der Waals surface area contributed by atoms with Gasteiger partial charge in [-0.15, -0.1) is 0 Å². The Morgan fingerprint density at radius 2 is 2.00 bits per heavy atom. The molecule has 5 nitrogen and oxygen atoms in total. The van der Waals surface area contributed by atoms with Crippen LogP contribution < -0.4 is 15.2 Å². The molecule has 0 aliphatic carbocycles. The van der Waals surface area contributed by atoms with Crippen LogP contribution in [-0.4, -0.2) is 43.7 Å². The Labute approximate surface area is 132 Å². The maximum atomic E-state index is 12.6. The lowest BCUT2D eigenvalue weighted by Crippen LogP contribution is -2.40. The first-order valence-electron chi connectivity index (χ1n) is 7.89. The number of amides is 1. The molecule has 1 aromatic rings. The Morgan fingerprint density at radius 3 is 2.55 bits per heavy atom. The first-order valence-corrected chi connectivity index (χ1v) is 7.89. The molecule has 1 fully saturated rings. The van der Waals surface area contributed by atoms with Crippen LogP contribution in [-0.2, 0) is 0 Å². The van der Waals surface area contributed by atoms with E-state index in [4.69, 9.17) is 15.2 Å². The zero-order valence-corrected chi connectivity index (χ0v) is 13.7. The quantitative estimate of drug-likeness (QED) is 0.906. The standard InChI is InChI=1S/C17H26N2O3/c1-12(2)22-15-5-4-14(10-16(15)21-3)17(20)19-8-6-13(11-18)7-9-19/h4-5,10,12-13H,6-9,11,18H2,1-3H3. The van der Waals surface area contributed by atoms with Crippen LogP contribution in [0.2, 0.25) is 0 Å². The van der Waals surface area contributed by atoms with Crippen LogP contribution in [0.4, 0.5) is 0 Å². The molecule has 0 bridgehead atoms. The van der Waals surface area contributed by atoms with E-state index >= 15 is 0 Å². The summed E-state index contributed by atoms with van der Waals surface area (Å²) >= 11 is 0. The molecule has 2 N–H and O–H groups in total. The van der Waals surface area contributed by atoms with Crippen LogP contribution in [0.1, 0.15) is 37.0 Å². The Hall–Kier alpha value is -1.75. The van der Waals surface area contributed by atoms with Crippen LogP contribution in [0.25, 0.3) is 0 Å². The van der Waals surface area contributed by atoms with E-state index in [0.29, 0.717) is 29.5 Å². The summed E-state index contributed by atoms with van der Waals surface area (Å²) in [5, 5.41) is 0. The number of piperidine rings is 1. The van der Waals surface area contributed by atoms with Gasteiger partial charge >= 0.3 is 0 Å². The van der Waals surface area contributed by atoms with Crippen molar-refractivity contribution in [3.05, 3.63) is 23.8 Å². The molecule has 5 heteroatoms. The van der Waals surface area contributed by atoms with Gasteiger partial charge in [-0.1, -0.05) is 0 Å². The minimum absolute atomic E-state index is 0.0462. The number of carbonyl (C=O) groups excluding carboxylic acids is 1. The third-order valence-electron chi connectivity index (χ3n) is 4.01. The second-order valence-corrected chi connectivity index (χ2v) is 6.00. The number of nitrogens with two attached hydrogens (primary N) is 1. The molecule has 0 spiro atoms. The van der Waals surface area contributed by atoms with Gasteiger partial charge in [0.2, 0.25) is 0 Å². The van der Waals surface area contributed by atoms with Crippen molar-refractivity contribution in [2.75, 3.05) is 26.7 Å². The van der Waals surface area contributed by atoms with Crippen LogP contribution in [0.3, 0.4) is 0 Å². The normalized spacial score (nSPS) is 16.0. The van der Waals surface area contributed by atoms with Crippen LogP contribution in [0.5, 0.6) is 11.5 Å². The highest BCUT2D eigenvalue weighted by molar-refractivity contribution is 5.95. The number of benzene rings is 1. The van der Waals surface area contributed by atoms with Gasteiger partial charge in [0, 0.05) is 18.7 Å². The van der Waals surface area contributed by atoms with Gasteiger partial charge < -0.3 is 20.1 Å². The van der Waals surface area contributed by atoms with Crippen molar-refractivity contribution in [2.24, 2.45) is 11.7 Å². The fourth-order valence-electron chi connectivity index (χ4n) is 2.71. The molecule has 1 saturated heterocycles. The molecule has 0 unspecified atom stereocenters. The van der Waals surface area contributed by atoms with Crippen LogP contribution in [0.15, 0.2) is 18.2 Å². The van der Waals surface area contributed by atoms with Gasteiger partial charge in [0.1, 0.15) is 0 Å². The largest absolute Gasteiger partial charge is 0.493 e. The number of carbonyl (C=O) groups is 1. The molecule has 1 amide bonds. The van der Waals surface area contributed by atoms with E-state index in [1.54, 1.807) is 25.3 Å². The number of nitrogens with zero attached hydrogens (tertiary/aromatic N) is 1. The monoisotopic (exact) mass is 306 g/mol. The lowest BCUT2D eigenvalue weighted by atomic mass is 9.96. The Bertz CT molecular complexity index is 509. The van der Waals surface area contributed by atoms with Crippen LogP contribution >= 0.6 is 0 Å². The highest BCUT2D eigenvalue weighted by Gasteiger charge is 2.23. The van der Waals surface area contributed by atoms with E-state index in [1.807, 2.05) is 18.7 Å².